The van der Waals surface area contributed by atoms with Crippen LogP contribution in [0.2, 0.25) is 0 Å². The lowest BCUT2D eigenvalue weighted by atomic mass is 10.3. The van der Waals surface area contributed by atoms with Gasteiger partial charge in [-0.25, -0.2) is 0 Å². The molecule has 1 saturated heterocycles. The van der Waals surface area contributed by atoms with Crippen LogP contribution in [0.4, 0.5) is 0 Å². The molecule has 0 atom stereocenters. The minimum Gasteiger partial charge on any atom is -0.459 e. The van der Waals surface area contributed by atoms with E-state index < -0.39 is 0 Å². The van der Waals surface area contributed by atoms with E-state index in [-0.39, 0.29) is 5.91 Å². The summed E-state index contributed by atoms with van der Waals surface area (Å²) in [4.78, 5) is 13.5. The van der Waals surface area contributed by atoms with Crippen molar-refractivity contribution in [1.29, 1.82) is 0 Å². The lowest BCUT2D eigenvalue weighted by Crippen LogP contribution is -2.46. The first kappa shape index (κ1) is 12.7. The Morgan fingerprint density at radius 3 is 2.69 bits per heavy atom. The van der Waals surface area contributed by atoms with Gasteiger partial charge in [0.05, 0.1) is 11.8 Å². The number of thiocarbonyl (C=S) groups is 1. The number of amides is 1. The number of nitrogens with one attached hydrogen (secondary N) is 1. The monoisotopic (exact) mass is 241 g/mol. The van der Waals surface area contributed by atoms with Crippen LogP contribution >= 0.6 is 12.2 Å². The molecular formula is C10H15N3O2S. The number of nitrogens with zero attached hydrogens (tertiary/aromatic N) is 1. The molecule has 88 valence electrons. The van der Waals surface area contributed by atoms with Crippen molar-refractivity contribution in [2.24, 2.45) is 5.73 Å². The second-order valence-electron chi connectivity index (χ2n) is 3.16. The second kappa shape index (κ2) is 6.97. The minimum atomic E-state index is -0.00787. The normalized spacial score (nSPS) is 14.9. The second-order valence-corrected chi connectivity index (χ2v) is 3.43. The van der Waals surface area contributed by atoms with Gasteiger partial charge in [0, 0.05) is 26.2 Å². The average molecular weight is 241 g/mol. The van der Waals surface area contributed by atoms with Gasteiger partial charge in [0.1, 0.15) is 0 Å². The summed E-state index contributed by atoms with van der Waals surface area (Å²) in [5.74, 6) is 0.424. The molecular weight excluding hydrogens is 226 g/mol. The Kier molecular flexibility index (Phi) is 5.52. The molecule has 0 aromatic carbocycles. The highest BCUT2D eigenvalue weighted by Gasteiger charge is 2.19. The van der Waals surface area contributed by atoms with Crippen LogP contribution < -0.4 is 11.1 Å². The van der Waals surface area contributed by atoms with Gasteiger partial charge in [-0.3, -0.25) is 4.79 Å². The maximum Gasteiger partial charge on any atom is 0.289 e. The van der Waals surface area contributed by atoms with Gasteiger partial charge in [0.25, 0.3) is 5.91 Å². The highest BCUT2D eigenvalue weighted by Crippen LogP contribution is 2.05. The SMILES string of the molecule is NC=S.O=C(c1ccco1)N1CCNCC1. The molecule has 3 N–H and O–H groups in total. The summed E-state index contributed by atoms with van der Waals surface area (Å²) in [7, 11) is 0. The molecule has 1 aliphatic heterocycles. The molecule has 0 saturated carbocycles. The van der Waals surface area contributed by atoms with Gasteiger partial charge in [-0.05, 0) is 12.1 Å². The van der Waals surface area contributed by atoms with Gasteiger partial charge in [-0.2, -0.15) is 0 Å². The van der Waals surface area contributed by atoms with E-state index in [1.165, 1.54) is 6.26 Å². The van der Waals surface area contributed by atoms with Crippen LogP contribution in [-0.4, -0.2) is 42.5 Å². The lowest BCUT2D eigenvalue weighted by molar-refractivity contribution is 0.0703. The number of nitrogens with two attached hydrogens (primary N) is 1. The van der Waals surface area contributed by atoms with Gasteiger partial charge in [0.15, 0.2) is 5.76 Å². The fourth-order valence-electron chi connectivity index (χ4n) is 1.42. The van der Waals surface area contributed by atoms with Gasteiger partial charge in [-0.1, -0.05) is 12.2 Å². The molecule has 5 nitrogen and oxygen atoms in total. The average Bonchev–Trinajstić information content (AvgIpc) is 2.84. The predicted molar refractivity (Wildman–Crippen MR) is 65.3 cm³/mol. The van der Waals surface area contributed by atoms with Gasteiger partial charge < -0.3 is 20.4 Å². The van der Waals surface area contributed by atoms with Crippen LogP contribution in [0.3, 0.4) is 0 Å². The molecule has 1 amide bonds. The van der Waals surface area contributed by atoms with Crippen LogP contribution in [0.15, 0.2) is 22.8 Å². The smallest absolute Gasteiger partial charge is 0.289 e. The molecule has 0 bridgehead atoms. The maximum absolute atomic E-state index is 11.7. The molecule has 1 aromatic heterocycles. The van der Waals surface area contributed by atoms with Crippen LogP contribution in [0.5, 0.6) is 0 Å². The van der Waals surface area contributed by atoms with Crippen molar-refractivity contribution in [3.8, 4) is 0 Å². The molecule has 1 fully saturated rings. The summed E-state index contributed by atoms with van der Waals surface area (Å²) in [5, 5.41) is 3.19. The Balaban J connectivity index is 0.000000386. The van der Waals surface area contributed by atoms with Crippen molar-refractivity contribution < 1.29 is 9.21 Å². The zero-order valence-corrected chi connectivity index (χ0v) is 9.70. The van der Waals surface area contributed by atoms with Crippen molar-refractivity contribution in [2.45, 2.75) is 0 Å². The quantitative estimate of drug-likeness (QED) is 0.689. The largest absolute Gasteiger partial charge is 0.459 e. The van der Waals surface area contributed by atoms with E-state index in [0.717, 1.165) is 31.7 Å². The highest BCUT2D eigenvalue weighted by atomic mass is 32.1. The number of rotatable bonds is 1. The van der Waals surface area contributed by atoms with Crippen molar-refractivity contribution in [2.75, 3.05) is 26.2 Å². The van der Waals surface area contributed by atoms with Gasteiger partial charge in [0.2, 0.25) is 0 Å². The Morgan fingerprint density at radius 1 is 1.56 bits per heavy atom. The van der Waals surface area contributed by atoms with E-state index in [1.807, 2.05) is 0 Å². The summed E-state index contributed by atoms with van der Waals surface area (Å²) < 4.78 is 5.04. The number of carbonyl (C=O) groups excluding carboxylic acids is 1. The van der Waals surface area contributed by atoms with E-state index in [9.17, 15) is 4.79 Å². The summed E-state index contributed by atoms with van der Waals surface area (Å²) in [6, 6.07) is 3.43. The first-order chi connectivity index (χ1) is 7.79. The number of piperazine rings is 1. The summed E-state index contributed by atoms with van der Waals surface area (Å²) in [6.45, 7) is 3.26. The number of hydrogen-bond acceptors (Lipinski definition) is 4. The van der Waals surface area contributed by atoms with E-state index in [4.69, 9.17) is 4.42 Å². The van der Waals surface area contributed by atoms with Crippen LogP contribution in [0.1, 0.15) is 10.6 Å². The molecule has 1 aromatic rings. The molecule has 0 unspecified atom stereocenters. The lowest BCUT2D eigenvalue weighted by Gasteiger charge is -2.26. The van der Waals surface area contributed by atoms with Crippen LogP contribution in [0, 0.1) is 0 Å². The molecule has 16 heavy (non-hydrogen) atoms. The predicted octanol–water partition coefficient (Wildman–Crippen LogP) is 0.227. The minimum absolute atomic E-state index is 0.00787. The van der Waals surface area contributed by atoms with Gasteiger partial charge >= 0.3 is 0 Å². The summed E-state index contributed by atoms with van der Waals surface area (Å²) in [6.07, 6.45) is 1.52. The van der Waals surface area contributed by atoms with E-state index in [2.05, 4.69) is 23.3 Å². The zero-order valence-electron chi connectivity index (χ0n) is 8.89. The van der Waals surface area contributed by atoms with Crippen molar-refractivity contribution in [3.05, 3.63) is 24.2 Å². The van der Waals surface area contributed by atoms with E-state index in [0.29, 0.717) is 5.76 Å². The maximum atomic E-state index is 11.7. The van der Waals surface area contributed by atoms with E-state index in [1.54, 1.807) is 17.0 Å². The Labute approximate surface area is 99.6 Å². The van der Waals surface area contributed by atoms with Crippen LogP contribution in [0.25, 0.3) is 0 Å². The number of carbonyl (C=O) groups is 1. The highest BCUT2D eigenvalue weighted by molar-refractivity contribution is 7.78. The van der Waals surface area contributed by atoms with Crippen LogP contribution in [-0.2, 0) is 0 Å². The molecule has 0 spiro atoms. The number of furan rings is 1. The molecule has 1 aliphatic rings. The summed E-state index contributed by atoms with van der Waals surface area (Å²) in [5.41, 5.74) is 5.62. The van der Waals surface area contributed by atoms with Gasteiger partial charge in [-0.15, -0.1) is 0 Å². The summed E-state index contributed by atoms with van der Waals surface area (Å²) >= 11 is 4.05. The topological polar surface area (TPSA) is 71.5 Å². The first-order valence-electron chi connectivity index (χ1n) is 4.98. The van der Waals surface area contributed by atoms with Crippen molar-refractivity contribution >= 4 is 23.6 Å². The Bertz CT molecular complexity index is 321. The molecule has 6 heteroatoms. The standard InChI is InChI=1S/C9H12N2O2.CH3NS/c12-9(8-2-1-7-13-8)11-5-3-10-4-6-11;2-1-3/h1-2,7,10H,3-6H2;1H,(H2,2,3). The zero-order chi connectivity index (χ0) is 11.8. The Hall–Kier alpha value is -1.40. The van der Waals surface area contributed by atoms with E-state index >= 15 is 0 Å². The molecule has 0 radical (unpaired) electrons. The molecule has 2 rings (SSSR count). The molecule has 0 aliphatic carbocycles. The fraction of sp³-hybridized carbons (Fsp3) is 0.400. The molecule has 2 heterocycles. The fourth-order valence-corrected chi connectivity index (χ4v) is 1.42. The third-order valence-electron chi connectivity index (χ3n) is 2.14. The van der Waals surface area contributed by atoms with Crippen molar-refractivity contribution in [1.82, 2.24) is 10.2 Å². The first-order valence-corrected chi connectivity index (χ1v) is 5.45. The third-order valence-corrected chi connectivity index (χ3v) is 2.14. The third kappa shape index (κ3) is 3.63. The number of hydrogen-bond donors (Lipinski definition) is 2. The van der Waals surface area contributed by atoms with Crippen molar-refractivity contribution in [3.63, 3.8) is 0 Å². The Morgan fingerprint density at radius 2 is 2.19 bits per heavy atom.